The Kier molecular flexibility index (Phi) is 3.26. The molecule has 1 aromatic heterocycles. The number of nitrogens with zero attached hydrogens (tertiary/aromatic N) is 2. The van der Waals surface area contributed by atoms with Crippen LogP contribution < -0.4 is 0 Å². The van der Waals surface area contributed by atoms with E-state index < -0.39 is 11.9 Å². The molecule has 5 nitrogen and oxygen atoms in total. The summed E-state index contributed by atoms with van der Waals surface area (Å²) in [5, 5.41) is 4.23. The van der Waals surface area contributed by atoms with Gasteiger partial charge in [0.2, 0.25) is 0 Å². The van der Waals surface area contributed by atoms with Gasteiger partial charge in [0, 0.05) is 24.4 Å². The van der Waals surface area contributed by atoms with Crippen LogP contribution in [0.25, 0.3) is 0 Å². The van der Waals surface area contributed by atoms with Crippen molar-refractivity contribution in [1.82, 2.24) is 9.78 Å². The molecule has 0 saturated carbocycles. The van der Waals surface area contributed by atoms with E-state index in [9.17, 15) is 9.59 Å². The van der Waals surface area contributed by atoms with Gasteiger partial charge in [0.25, 0.3) is 0 Å². The van der Waals surface area contributed by atoms with Crippen LogP contribution in [0.2, 0.25) is 0 Å². The lowest BCUT2D eigenvalue weighted by molar-refractivity contribution is -0.164. The van der Waals surface area contributed by atoms with Crippen molar-refractivity contribution in [1.29, 1.82) is 0 Å². The summed E-state index contributed by atoms with van der Waals surface area (Å²) < 4.78 is 6.40. The molecule has 2 rings (SSSR count). The molecular weight excluding hydrogens is 220 g/mol. The third kappa shape index (κ3) is 2.72. The molecule has 0 aromatic carbocycles. The molecule has 5 heteroatoms. The van der Waals surface area contributed by atoms with E-state index >= 15 is 0 Å². The zero-order chi connectivity index (χ0) is 12.4. The van der Waals surface area contributed by atoms with Gasteiger partial charge in [-0.2, -0.15) is 5.10 Å². The van der Waals surface area contributed by atoms with Crippen LogP contribution in [0.4, 0.5) is 0 Å². The fraction of sp³-hybridized carbons (Fsp3) is 0.583. The number of hydrogen-bond acceptors (Lipinski definition) is 4. The van der Waals surface area contributed by atoms with Gasteiger partial charge in [-0.15, -0.1) is 0 Å². The van der Waals surface area contributed by atoms with E-state index in [0.717, 1.165) is 12.2 Å². The van der Waals surface area contributed by atoms with E-state index in [1.807, 2.05) is 10.7 Å². The van der Waals surface area contributed by atoms with E-state index in [0.29, 0.717) is 5.92 Å². The maximum Gasteiger partial charge on any atom is 0.314 e. The maximum atomic E-state index is 11.2. The molecule has 0 unspecified atom stereocenters. The van der Waals surface area contributed by atoms with Crippen LogP contribution in [-0.2, 0) is 20.9 Å². The van der Waals surface area contributed by atoms with Crippen molar-refractivity contribution in [3.05, 3.63) is 18.0 Å². The van der Waals surface area contributed by atoms with Crippen LogP contribution in [-0.4, -0.2) is 21.7 Å². The van der Waals surface area contributed by atoms with Crippen LogP contribution in [0, 0.1) is 5.92 Å². The molecule has 1 aromatic rings. The van der Waals surface area contributed by atoms with E-state index in [-0.39, 0.29) is 18.8 Å². The first-order valence-electron chi connectivity index (χ1n) is 5.81. The number of aromatic nitrogens is 2. The Balaban J connectivity index is 2.18. The van der Waals surface area contributed by atoms with Crippen molar-refractivity contribution >= 4 is 11.9 Å². The summed E-state index contributed by atoms with van der Waals surface area (Å²) in [6.45, 7) is 5.00. The molecule has 0 aliphatic carbocycles. The summed E-state index contributed by atoms with van der Waals surface area (Å²) in [6.07, 6.45) is 2.23. The number of cyclic esters (lactones) is 2. The Bertz CT molecular complexity index is 421. The van der Waals surface area contributed by atoms with Gasteiger partial charge >= 0.3 is 11.9 Å². The van der Waals surface area contributed by atoms with Crippen LogP contribution in [0.1, 0.15) is 38.3 Å². The molecular formula is C12H16N2O3. The van der Waals surface area contributed by atoms with Crippen LogP contribution >= 0.6 is 0 Å². The van der Waals surface area contributed by atoms with Crippen molar-refractivity contribution in [2.24, 2.45) is 5.92 Å². The Morgan fingerprint density at radius 3 is 2.65 bits per heavy atom. The molecule has 1 aliphatic rings. The van der Waals surface area contributed by atoms with Gasteiger partial charge < -0.3 is 4.74 Å². The van der Waals surface area contributed by atoms with Crippen molar-refractivity contribution in [3.8, 4) is 0 Å². The molecule has 2 heterocycles. The summed E-state index contributed by atoms with van der Waals surface area (Å²) in [7, 11) is 0. The van der Waals surface area contributed by atoms with Gasteiger partial charge in [0.05, 0.1) is 12.8 Å². The fourth-order valence-electron chi connectivity index (χ4n) is 2.08. The van der Waals surface area contributed by atoms with Crippen LogP contribution in [0.15, 0.2) is 12.3 Å². The predicted molar refractivity (Wildman–Crippen MR) is 60.1 cm³/mol. The molecule has 0 radical (unpaired) electrons. The summed E-state index contributed by atoms with van der Waals surface area (Å²) in [6, 6.07) is 1.87. The quantitative estimate of drug-likeness (QED) is 0.589. The Labute approximate surface area is 99.8 Å². The minimum Gasteiger partial charge on any atom is -0.393 e. The highest BCUT2D eigenvalue weighted by atomic mass is 16.6. The van der Waals surface area contributed by atoms with Crippen molar-refractivity contribution < 1.29 is 14.3 Å². The molecule has 1 aliphatic heterocycles. The first-order valence-corrected chi connectivity index (χ1v) is 5.81. The van der Waals surface area contributed by atoms with Crippen molar-refractivity contribution in [2.75, 3.05) is 0 Å². The highest BCUT2D eigenvalue weighted by Gasteiger charge is 2.30. The largest absolute Gasteiger partial charge is 0.393 e. The second-order valence-corrected chi connectivity index (χ2v) is 4.78. The standard InChI is InChI=1S/C12H16N2O3/c1-8(2)7-14-10(3-4-13-14)9-5-11(15)17-12(16)6-9/h3-4,8-9H,5-7H2,1-2H3. The molecule has 0 atom stereocenters. The number of carbonyl (C=O) groups excluding carboxylic acids is 2. The van der Waals surface area contributed by atoms with Gasteiger partial charge in [-0.3, -0.25) is 14.3 Å². The number of esters is 2. The first kappa shape index (κ1) is 11.8. The minimum absolute atomic E-state index is 0.0926. The molecule has 0 amide bonds. The fourth-order valence-corrected chi connectivity index (χ4v) is 2.08. The van der Waals surface area contributed by atoms with Crippen molar-refractivity contribution in [3.63, 3.8) is 0 Å². The topological polar surface area (TPSA) is 61.2 Å². The van der Waals surface area contributed by atoms with Gasteiger partial charge in [-0.25, -0.2) is 0 Å². The van der Waals surface area contributed by atoms with E-state index in [2.05, 4.69) is 23.7 Å². The van der Waals surface area contributed by atoms with Gasteiger partial charge in [-0.05, 0) is 12.0 Å². The number of carbonyl (C=O) groups is 2. The highest BCUT2D eigenvalue weighted by molar-refractivity contribution is 5.89. The average Bonchev–Trinajstić information content (AvgIpc) is 2.63. The lowest BCUT2D eigenvalue weighted by Gasteiger charge is -2.21. The second kappa shape index (κ2) is 4.69. The van der Waals surface area contributed by atoms with E-state index in [4.69, 9.17) is 0 Å². The Morgan fingerprint density at radius 1 is 1.41 bits per heavy atom. The molecule has 17 heavy (non-hydrogen) atoms. The predicted octanol–water partition coefficient (Wildman–Crippen LogP) is 1.49. The molecule has 1 saturated heterocycles. The third-order valence-electron chi connectivity index (χ3n) is 2.76. The number of rotatable bonds is 3. The molecule has 92 valence electrons. The normalized spacial score (nSPS) is 17.6. The van der Waals surface area contributed by atoms with E-state index in [1.54, 1.807) is 6.20 Å². The first-order chi connectivity index (χ1) is 8.06. The zero-order valence-corrected chi connectivity index (χ0v) is 10.0. The number of ether oxygens (including phenoxy) is 1. The summed E-state index contributed by atoms with van der Waals surface area (Å²) in [4.78, 5) is 22.5. The summed E-state index contributed by atoms with van der Waals surface area (Å²) in [5.41, 5.74) is 0.948. The van der Waals surface area contributed by atoms with Gasteiger partial charge in [0.1, 0.15) is 0 Å². The number of hydrogen-bond donors (Lipinski definition) is 0. The minimum atomic E-state index is -0.441. The third-order valence-corrected chi connectivity index (χ3v) is 2.76. The van der Waals surface area contributed by atoms with Crippen LogP contribution in [0.3, 0.4) is 0 Å². The Morgan fingerprint density at radius 2 is 2.06 bits per heavy atom. The Hall–Kier alpha value is -1.65. The zero-order valence-electron chi connectivity index (χ0n) is 10.0. The average molecular weight is 236 g/mol. The molecule has 1 fully saturated rings. The maximum absolute atomic E-state index is 11.2. The van der Waals surface area contributed by atoms with Crippen LogP contribution in [0.5, 0.6) is 0 Å². The lowest BCUT2D eigenvalue weighted by Crippen LogP contribution is -2.26. The monoisotopic (exact) mass is 236 g/mol. The molecule has 0 bridgehead atoms. The second-order valence-electron chi connectivity index (χ2n) is 4.78. The molecule has 0 spiro atoms. The van der Waals surface area contributed by atoms with E-state index in [1.165, 1.54) is 0 Å². The molecule has 0 N–H and O–H groups in total. The van der Waals surface area contributed by atoms with Gasteiger partial charge in [0.15, 0.2) is 0 Å². The lowest BCUT2D eigenvalue weighted by atomic mass is 9.95. The summed E-state index contributed by atoms with van der Waals surface area (Å²) >= 11 is 0. The smallest absolute Gasteiger partial charge is 0.314 e. The SMILES string of the molecule is CC(C)Cn1nccc1C1CC(=O)OC(=O)C1. The van der Waals surface area contributed by atoms with Crippen molar-refractivity contribution in [2.45, 2.75) is 39.2 Å². The highest BCUT2D eigenvalue weighted by Crippen LogP contribution is 2.28. The summed E-state index contributed by atoms with van der Waals surface area (Å²) in [5.74, 6) is -0.503. The van der Waals surface area contributed by atoms with Gasteiger partial charge in [-0.1, -0.05) is 13.8 Å².